The molecule has 0 aromatic heterocycles. The standard InChI is InChI=1S/C19H20ClFN4O3/c20-15-3-1-2-12(8-15)17-11-25(6-7-28-17)19(27)23-10-14-5-4-13(9-16(14)21)18(26)24-22/h1-5,8-9,17H,6-7,10-11,22H2,(H,23,27)(H,24,26). The van der Waals surface area contributed by atoms with Crippen molar-refractivity contribution in [1.82, 2.24) is 15.6 Å². The number of nitrogen functional groups attached to an aromatic ring is 1. The number of rotatable bonds is 4. The van der Waals surface area contributed by atoms with Gasteiger partial charge in [0, 0.05) is 29.2 Å². The highest BCUT2D eigenvalue weighted by Crippen LogP contribution is 2.24. The van der Waals surface area contributed by atoms with E-state index in [0.29, 0.717) is 24.7 Å². The second-order valence-electron chi connectivity index (χ2n) is 6.30. The smallest absolute Gasteiger partial charge is 0.317 e. The molecule has 1 aliphatic heterocycles. The number of carbonyl (C=O) groups excluding carboxylic acids is 2. The second-order valence-corrected chi connectivity index (χ2v) is 6.74. The number of amides is 3. The Morgan fingerprint density at radius 3 is 2.82 bits per heavy atom. The van der Waals surface area contributed by atoms with Gasteiger partial charge in [-0.25, -0.2) is 15.0 Å². The van der Waals surface area contributed by atoms with E-state index in [1.807, 2.05) is 23.6 Å². The molecular formula is C19H20ClFN4O3. The fraction of sp³-hybridized carbons (Fsp3) is 0.263. The maximum atomic E-state index is 14.1. The maximum Gasteiger partial charge on any atom is 0.317 e. The number of morpholine rings is 1. The average Bonchev–Trinajstić information content (AvgIpc) is 2.72. The van der Waals surface area contributed by atoms with Crippen molar-refractivity contribution in [1.29, 1.82) is 0 Å². The fourth-order valence-electron chi connectivity index (χ4n) is 2.94. The van der Waals surface area contributed by atoms with Crippen molar-refractivity contribution < 1.29 is 18.7 Å². The van der Waals surface area contributed by atoms with Crippen LogP contribution in [0.2, 0.25) is 5.02 Å². The van der Waals surface area contributed by atoms with Gasteiger partial charge in [-0.05, 0) is 29.8 Å². The van der Waals surface area contributed by atoms with E-state index in [1.54, 1.807) is 11.0 Å². The number of halogens is 2. The van der Waals surface area contributed by atoms with E-state index in [9.17, 15) is 14.0 Å². The highest BCUT2D eigenvalue weighted by molar-refractivity contribution is 6.30. The van der Waals surface area contributed by atoms with Gasteiger partial charge in [-0.3, -0.25) is 10.2 Å². The predicted molar refractivity (Wildman–Crippen MR) is 102 cm³/mol. The van der Waals surface area contributed by atoms with Crippen LogP contribution in [-0.2, 0) is 11.3 Å². The Balaban J connectivity index is 1.59. The van der Waals surface area contributed by atoms with Crippen molar-refractivity contribution in [2.45, 2.75) is 12.6 Å². The lowest BCUT2D eigenvalue weighted by molar-refractivity contribution is -0.0154. The van der Waals surface area contributed by atoms with Crippen LogP contribution in [0.1, 0.15) is 27.6 Å². The van der Waals surface area contributed by atoms with Gasteiger partial charge in [0.2, 0.25) is 0 Å². The number of benzene rings is 2. The van der Waals surface area contributed by atoms with E-state index < -0.39 is 11.7 Å². The van der Waals surface area contributed by atoms with Gasteiger partial charge in [0.25, 0.3) is 5.91 Å². The summed E-state index contributed by atoms with van der Waals surface area (Å²) in [6.45, 7) is 1.18. The zero-order valence-corrected chi connectivity index (χ0v) is 15.7. The van der Waals surface area contributed by atoms with Gasteiger partial charge in [0.05, 0.1) is 13.2 Å². The van der Waals surface area contributed by atoms with Crippen molar-refractivity contribution in [2.75, 3.05) is 19.7 Å². The van der Waals surface area contributed by atoms with Crippen molar-refractivity contribution in [3.05, 3.63) is 70.0 Å². The molecule has 28 heavy (non-hydrogen) atoms. The van der Waals surface area contributed by atoms with Crippen LogP contribution in [0.3, 0.4) is 0 Å². The van der Waals surface area contributed by atoms with E-state index >= 15 is 0 Å². The third kappa shape index (κ3) is 4.78. The molecule has 9 heteroatoms. The molecule has 1 fully saturated rings. The van der Waals surface area contributed by atoms with Crippen molar-refractivity contribution in [2.24, 2.45) is 5.84 Å². The van der Waals surface area contributed by atoms with E-state index in [1.165, 1.54) is 12.1 Å². The summed E-state index contributed by atoms with van der Waals surface area (Å²) in [6, 6.07) is 10.9. The Morgan fingerprint density at radius 1 is 1.29 bits per heavy atom. The van der Waals surface area contributed by atoms with Crippen molar-refractivity contribution in [3.63, 3.8) is 0 Å². The zero-order valence-electron chi connectivity index (χ0n) is 15.0. The fourth-order valence-corrected chi connectivity index (χ4v) is 3.14. The van der Waals surface area contributed by atoms with Gasteiger partial charge in [-0.15, -0.1) is 0 Å². The number of urea groups is 1. The molecule has 0 bridgehead atoms. The molecule has 4 N–H and O–H groups in total. The topological polar surface area (TPSA) is 96.7 Å². The van der Waals surface area contributed by atoms with Crippen LogP contribution in [-0.4, -0.2) is 36.5 Å². The molecular weight excluding hydrogens is 387 g/mol. The second kappa shape index (κ2) is 9.01. The molecule has 1 atom stereocenters. The lowest BCUT2D eigenvalue weighted by atomic mass is 10.1. The maximum absolute atomic E-state index is 14.1. The van der Waals surface area contributed by atoms with E-state index in [-0.39, 0.29) is 29.8 Å². The Hall–Kier alpha value is -2.68. The van der Waals surface area contributed by atoms with Crippen LogP contribution in [0.4, 0.5) is 9.18 Å². The number of ether oxygens (including phenoxy) is 1. The van der Waals surface area contributed by atoms with Crippen LogP contribution in [0.25, 0.3) is 0 Å². The normalized spacial score (nSPS) is 16.5. The number of hydrazine groups is 1. The molecule has 3 amide bonds. The van der Waals surface area contributed by atoms with E-state index in [0.717, 1.165) is 11.6 Å². The lowest BCUT2D eigenvalue weighted by Gasteiger charge is -2.33. The number of nitrogens with zero attached hydrogens (tertiary/aromatic N) is 1. The quantitative estimate of drug-likeness (QED) is 0.412. The van der Waals surface area contributed by atoms with Crippen LogP contribution in [0.5, 0.6) is 0 Å². The molecule has 3 rings (SSSR count). The molecule has 0 saturated carbocycles. The van der Waals surface area contributed by atoms with Crippen molar-refractivity contribution in [3.8, 4) is 0 Å². The lowest BCUT2D eigenvalue weighted by Crippen LogP contribution is -2.47. The molecule has 0 spiro atoms. The molecule has 1 heterocycles. The molecule has 2 aromatic rings. The highest BCUT2D eigenvalue weighted by atomic mass is 35.5. The zero-order chi connectivity index (χ0) is 20.1. The van der Waals surface area contributed by atoms with Gasteiger partial charge in [-0.2, -0.15) is 0 Å². The minimum Gasteiger partial charge on any atom is -0.370 e. The summed E-state index contributed by atoms with van der Waals surface area (Å²) in [7, 11) is 0. The minimum atomic E-state index is -0.597. The first kappa shape index (κ1) is 20.1. The Morgan fingerprint density at radius 2 is 2.11 bits per heavy atom. The number of nitrogens with one attached hydrogen (secondary N) is 2. The Bertz CT molecular complexity index is 880. The van der Waals surface area contributed by atoms with Gasteiger partial charge in [-0.1, -0.05) is 29.8 Å². The summed E-state index contributed by atoms with van der Waals surface area (Å²) >= 11 is 6.02. The predicted octanol–water partition coefficient (Wildman–Crippen LogP) is 2.37. The molecule has 1 saturated heterocycles. The SMILES string of the molecule is NNC(=O)c1ccc(CNC(=O)N2CCOC(c3cccc(Cl)c3)C2)c(F)c1. The van der Waals surface area contributed by atoms with Gasteiger partial charge < -0.3 is 15.0 Å². The van der Waals surface area contributed by atoms with Crippen LogP contribution in [0.15, 0.2) is 42.5 Å². The molecule has 1 aliphatic rings. The molecule has 1 unspecified atom stereocenters. The van der Waals surface area contributed by atoms with Crippen LogP contribution < -0.4 is 16.6 Å². The number of hydrogen-bond acceptors (Lipinski definition) is 4. The first-order chi connectivity index (χ1) is 13.5. The summed E-state index contributed by atoms with van der Waals surface area (Å²) in [4.78, 5) is 25.5. The summed E-state index contributed by atoms with van der Waals surface area (Å²) in [5.41, 5.74) is 3.20. The van der Waals surface area contributed by atoms with Gasteiger partial charge in [0.15, 0.2) is 0 Å². The van der Waals surface area contributed by atoms with Gasteiger partial charge in [0.1, 0.15) is 11.9 Å². The number of carbonyl (C=O) groups is 2. The summed E-state index contributed by atoms with van der Waals surface area (Å²) < 4.78 is 19.9. The molecule has 2 aromatic carbocycles. The average molecular weight is 407 g/mol. The highest BCUT2D eigenvalue weighted by Gasteiger charge is 2.25. The molecule has 0 aliphatic carbocycles. The number of hydrogen-bond donors (Lipinski definition) is 3. The third-order valence-corrected chi connectivity index (χ3v) is 4.69. The molecule has 7 nitrogen and oxygen atoms in total. The van der Waals surface area contributed by atoms with Crippen LogP contribution >= 0.6 is 11.6 Å². The molecule has 148 valence electrons. The summed E-state index contributed by atoms with van der Waals surface area (Å²) in [6.07, 6.45) is -0.274. The van der Waals surface area contributed by atoms with Crippen molar-refractivity contribution >= 4 is 23.5 Å². The van der Waals surface area contributed by atoms with Crippen LogP contribution in [0, 0.1) is 5.82 Å². The van der Waals surface area contributed by atoms with E-state index in [2.05, 4.69) is 5.32 Å². The largest absolute Gasteiger partial charge is 0.370 e. The number of nitrogens with two attached hydrogens (primary N) is 1. The Labute approximate surface area is 166 Å². The third-order valence-electron chi connectivity index (χ3n) is 4.45. The molecule has 0 radical (unpaired) electrons. The first-order valence-electron chi connectivity index (χ1n) is 8.67. The minimum absolute atomic E-state index is 0.00558. The first-order valence-corrected chi connectivity index (χ1v) is 9.05. The monoisotopic (exact) mass is 406 g/mol. The van der Waals surface area contributed by atoms with E-state index in [4.69, 9.17) is 22.2 Å². The summed E-state index contributed by atoms with van der Waals surface area (Å²) in [5.74, 6) is 3.85. The summed E-state index contributed by atoms with van der Waals surface area (Å²) in [5, 5.41) is 3.30. The Kier molecular flexibility index (Phi) is 6.45. The van der Waals surface area contributed by atoms with Gasteiger partial charge >= 0.3 is 6.03 Å².